The van der Waals surface area contributed by atoms with Crippen molar-refractivity contribution in [1.82, 2.24) is 0 Å². The van der Waals surface area contributed by atoms with Gasteiger partial charge in [0.2, 0.25) is 5.69 Å². The molecule has 7 heteroatoms. The minimum absolute atomic E-state index is 0.461. The molecule has 0 bridgehead atoms. The normalized spacial score (nSPS) is 12.2. The monoisotopic (exact) mass is 468 g/mol. The Morgan fingerprint density at radius 3 is 2.15 bits per heavy atom. The smallest absolute Gasteiger partial charge is 0.213 e. The zero-order valence-corrected chi connectivity index (χ0v) is 20.5. The molecule has 0 saturated heterocycles. The molecule has 1 aliphatic rings. The van der Waals surface area contributed by atoms with Crippen molar-refractivity contribution in [2.24, 2.45) is 0 Å². The maximum atomic E-state index is 6.10. The number of aromatic nitrogens is 1. The summed E-state index contributed by atoms with van der Waals surface area (Å²) in [4.78, 5) is 0. The van der Waals surface area contributed by atoms with Crippen molar-refractivity contribution in [3.63, 3.8) is 0 Å². The summed E-state index contributed by atoms with van der Waals surface area (Å²) in [5, 5.41) is 2.12. The van der Waals surface area contributed by atoms with Crippen LogP contribution in [-0.4, -0.2) is 53.9 Å². The van der Waals surface area contributed by atoms with Gasteiger partial charge in [-0.2, -0.15) is 4.57 Å². The van der Waals surface area contributed by atoms with Gasteiger partial charge < -0.3 is 28.4 Å². The third-order valence-corrected chi connectivity index (χ3v) is 5.95. The lowest BCUT2D eigenvalue weighted by molar-refractivity contribution is -0.686. The maximum absolute atomic E-state index is 6.10. The van der Waals surface area contributed by atoms with Gasteiger partial charge in [0.05, 0.1) is 38.4 Å². The quantitative estimate of drug-likeness (QED) is 0.293. The lowest BCUT2D eigenvalue weighted by Crippen LogP contribution is -2.40. The van der Waals surface area contributed by atoms with Gasteiger partial charge in [0.1, 0.15) is 13.2 Å². The van der Waals surface area contributed by atoms with Crippen molar-refractivity contribution in [1.29, 1.82) is 0 Å². The van der Waals surface area contributed by atoms with Crippen LogP contribution in [0, 0.1) is 0 Å². The van der Waals surface area contributed by atoms with E-state index in [-0.39, 0.29) is 0 Å². The van der Waals surface area contributed by atoms with Gasteiger partial charge in [0, 0.05) is 25.7 Å². The summed E-state index contributed by atoms with van der Waals surface area (Å²) in [6.07, 6.45) is 3.04. The number of rotatable bonds is 12. The molecule has 0 amide bonds. The number of hydrogen-bond acceptors (Lipinski definition) is 6. The first-order chi connectivity index (χ1) is 16.7. The van der Waals surface area contributed by atoms with Crippen LogP contribution in [0.3, 0.4) is 0 Å². The van der Waals surface area contributed by atoms with Crippen LogP contribution in [0.4, 0.5) is 0 Å². The van der Waals surface area contributed by atoms with Gasteiger partial charge in [0.15, 0.2) is 35.7 Å². The largest absolute Gasteiger partial charge is 0.493 e. The highest BCUT2D eigenvalue weighted by Crippen LogP contribution is 2.40. The number of methoxy groups -OCH3 is 2. The Bertz CT molecular complexity index is 1130. The second-order valence-corrected chi connectivity index (χ2v) is 7.95. The second-order valence-electron chi connectivity index (χ2n) is 7.95. The first-order valence-corrected chi connectivity index (χ1v) is 11.9. The van der Waals surface area contributed by atoms with Gasteiger partial charge in [-0.05, 0) is 49.1 Å². The van der Waals surface area contributed by atoms with Crippen molar-refractivity contribution in [3.05, 3.63) is 42.1 Å². The maximum Gasteiger partial charge on any atom is 0.213 e. The molecule has 1 aliphatic heterocycles. The van der Waals surface area contributed by atoms with Crippen LogP contribution in [0.1, 0.15) is 19.4 Å². The lowest BCUT2D eigenvalue weighted by atomic mass is 9.95. The number of benzene rings is 2. The fourth-order valence-electron chi connectivity index (χ4n) is 4.32. The fourth-order valence-corrected chi connectivity index (χ4v) is 4.32. The summed E-state index contributed by atoms with van der Waals surface area (Å²) in [6.45, 7) is 8.17. The topological polar surface area (TPSA) is 59.3 Å². The van der Waals surface area contributed by atoms with E-state index in [9.17, 15) is 0 Å². The number of fused-ring (bicyclic) bond motifs is 4. The zero-order valence-electron chi connectivity index (χ0n) is 20.5. The minimum Gasteiger partial charge on any atom is -0.493 e. The molecule has 0 radical (unpaired) electrons. The van der Waals surface area contributed by atoms with Gasteiger partial charge >= 0.3 is 0 Å². The molecule has 1 aromatic heterocycles. The van der Waals surface area contributed by atoms with E-state index >= 15 is 0 Å². The highest BCUT2D eigenvalue weighted by atomic mass is 16.6. The van der Waals surface area contributed by atoms with Crippen LogP contribution in [0.5, 0.6) is 23.0 Å². The Labute approximate surface area is 201 Å². The molecule has 0 aliphatic carbocycles. The predicted molar refractivity (Wildman–Crippen MR) is 130 cm³/mol. The zero-order chi connectivity index (χ0) is 23.9. The number of aryl methyl sites for hydroxylation is 2. The Hall–Kier alpha value is -3.03. The average molecular weight is 469 g/mol. The molecule has 0 N–H and O–H groups in total. The van der Waals surface area contributed by atoms with Crippen LogP contribution in [0.15, 0.2) is 36.5 Å². The molecule has 7 nitrogen and oxygen atoms in total. The summed E-state index contributed by atoms with van der Waals surface area (Å²) in [5.41, 5.74) is 3.52. The van der Waals surface area contributed by atoms with Gasteiger partial charge in [-0.25, -0.2) is 0 Å². The Morgan fingerprint density at radius 2 is 1.50 bits per heavy atom. The van der Waals surface area contributed by atoms with Crippen molar-refractivity contribution in [2.45, 2.75) is 26.8 Å². The van der Waals surface area contributed by atoms with Crippen molar-refractivity contribution < 1.29 is 33.0 Å². The molecule has 3 aromatic rings. The predicted octanol–water partition coefficient (Wildman–Crippen LogP) is 4.20. The van der Waals surface area contributed by atoms with Crippen LogP contribution in [-0.2, 0) is 22.4 Å². The highest BCUT2D eigenvalue weighted by Gasteiger charge is 2.27. The van der Waals surface area contributed by atoms with E-state index in [4.69, 9.17) is 28.4 Å². The number of hydrogen-bond donors (Lipinski definition) is 0. The fraction of sp³-hybridized carbons (Fsp3) is 0.444. The van der Waals surface area contributed by atoms with Crippen LogP contribution >= 0.6 is 0 Å². The SMILES string of the molecule is CCOCCOc1cc2c(cc1OCCOCC)-c1cc3ccc(OC)c(OC)c3c[n+]1CC2. The van der Waals surface area contributed by atoms with E-state index in [1.165, 1.54) is 5.56 Å². The third-order valence-electron chi connectivity index (χ3n) is 5.95. The molecule has 0 fully saturated rings. The highest BCUT2D eigenvalue weighted by molar-refractivity contribution is 5.91. The first-order valence-electron chi connectivity index (χ1n) is 11.9. The van der Waals surface area contributed by atoms with E-state index in [0.29, 0.717) is 39.6 Å². The molecule has 0 unspecified atom stereocenters. The van der Waals surface area contributed by atoms with Crippen molar-refractivity contribution in [3.8, 4) is 34.3 Å². The summed E-state index contributed by atoms with van der Waals surface area (Å²) in [7, 11) is 3.34. The van der Waals surface area contributed by atoms with Crippen molar-refractivity contribution in [2.75, 3.05) is 53.9 Å². The molecule has 0 spiro atoms. The van der Waals surface area contributed by atoms with E-state index in [1.807, 2.05) is 19.9 Å². The molecular weight excluding hydrogens is 434 g/mol. The molecule has 34 heavy (non-hydrogen) atoms. The molecule has 0 saturated carbocycles. The lowest BCUT2D eigenvalue weighted by Gasteiger charge is -2.20. The Kier molecular flexibility index (Phi) is 8.08. The van der Waals surface area contributed by atoms with E-state index in [2.05, 4.69) is 35.0 Å². The molecular formula is C27H34NO6+. The molecule has 182 valence electrons. The standard InChI is InChI=1S/C27H34NO6/c1-5-31-11-13-33-25-16-20-9-10-28-18-22-19(7-8-24(29-3)27(22)30-4)15-23(28)21(20)17-26(25)34-14-12-32-6-2/h7-8,15-18H,5-6,9-14H2,1-4H3/q+1. The van der Waals surface area contributed by atoms with E-state index < -0.39 is 0 Å². The Morgan fingerprint density at radius 1 is 0.794 bits per heavy atom. The molecule has 2 aromatic carbocycles. The summed E-state index contributed by atoms with van der Waals surface area (Å²) in [5.74, 6) is 2.94. The van der Waals surface area contributed by atoms with Gasteiger partial charge in [0.25, 0.3) is 0 Å². The van der Waals surface area contributed by atoms with E-state index in [1.54, 1.807) is 14.2 Å². The van der Waals surface area contributed by atoms with Crippen LogP contribution < -0.4 is 23.5 Å². The molecule has 2 heterocycles. The van der Waals surface area contributed by atoms with Gasteiger partial charge in [-0.15, -0.1) is 0 Å². The number of nitrogens with zero attached hydrogens (tertiary/aromatic N) is 1. The van der Waals surface area contributed by atoms with Crippen LogP contribution in [0.25, 0.3) is 22.0 Å². The van der Waals surface area contributed by atoms with Gasteiger partial charge in [-0.1, -0.05) is 0 Å². The summed E-state index contributed by atoms with van der Waals surface area (Å²) in [6, 6.07) is 10.4. The van der Waals surface area contributed by atoms with Gasteiger partial charge in [-0.3, -0.25) is 0 Å². The summed E-state index contributed by atoms with van der Waals surface area (Å²) >= 11 is 0. The first kappa shape index (κ1) is 24.1. The minimum atomic E-state index is 0.461. The average Bonchev–Trinajstić information content (AvgIpc) is 2.87. The Balaban J connectivity index is 1.72. The number of pyridine rings is 1. The summed E-state index contributed by atoms with van der Waals surface area (Å²) < 4.78 is 36.5. The van der Waals surface area contributed by atoms with Crippen LogP contribution in [0.2, 0.25) is 0 Å². The molecule has 4 rings (SSSR count). The van der Waals surface area contributed by atoms with Crippen molar-refractivity contribution >= 4 is 10.8 Å². The number of ether oxygens (including phenoxy) is 6. The molecule has 0 atom stereocenters. The second kappa shape index (κ2) is 11.4. The third kappa shape index (κ3) is 5.05. The van der Waals surface area contributed by atoms with E-state index in [0.717, 1.165) is 58.0 Å².